The molecular formula is C21H21N3O4. The molecule has 1 aromatic heterocycles. The zero-order valence-corrected chi connectivity index (χ0v) is 15.3. The maximum atomic E-state index is 12.4. The topological polar surface area (TPSA) is 97.5 Å². The summed E-state index contributed by atoms with van der Waals surface area (Å²) >= 11 is 0. The number of nitrogens with one attached hydrogen (secondary N) is 1. The van der Waals surface area contributed by atoms with E-state index in [1.54, 1.807) is 42.5 Å². The van der Waals surface area contributed by atoms with Gasteiger partial charge in [-0.3, -0.25) is 10.1 Å². The normalized spacial score (nSPS) is 14.6. The van der Waals surface area contributed by atoms with Crippen molar-refractivity contribution in [3.8, 4) is 17.2 Å². The van der Waals surface area contributed by atoms with Gasteiger partial charge < -0.3 is 14.3 Å². The Morgan fingerprint density at radius 2 is 1.82 bits per heavy atom. The standard InChI is InChI=1S/C21H21N3O4/c25-16-7-4-8-18(13-16)27-17-11-9-14(10-12-17)19(26)22-21-24-23-20(28-21)15-5-2-1-3-6-15/h4,7-13,15,25H,1-3,5-6H2,(H,22,24,26). The lowest BCUT2D eigenvalue weighted by Crippen LogP contribution is -2.12. The molecule has 3 aromatic rings. The van der Waals surface area contributed by atoms with Crippen LogP contribution in [0.4, 0.5) is 6.01 Å². The van der Waals surface area contributed by atoms with E-state index in [4.69, 9.17) is 9.15 Å². The van der Waals surface area contributed by atoms with E-state index in [0.29, 0.717) is 28.9 Å². The summed E-state index contributed by atoms with van der Waals surface area (Å²) in [5, 5.41) is 20.1. The van der Waals surface area contributed by atoms with Crippen LogP contribution in [0, 0.1) is 0 Å². The Morgan fingerprint density at radius 3 is 2.57 bits per heavy atom. The van der Waals surface area contributed by atoms with Gasteiger partial charge in [-0.25, -0.2) is 0 Å². The first-order valence-corrected chi connectivity index (χ1v) is 9.39. The highest BCUT2D eigenvalue weighted by atomic mass is 16.5. The van der Waals surface area contributed by atoms with Gasteiger partial charge in [-0.15, -0.1) is 5.10 Å². The third kappa shape index (κ3) is 4.31. The Kier molecular flexibility index (Phi) is 5.23. The van der Waals surface area contributed by atoms with Gasteiger partial charge in [0.05, 0.1) is 0 Å². The zero-order chi connectivity index (χ0) is 19.3. The molecule has 0 bridgehead atoms. The van der Waals surface area contributed by atoms with Crippen molar-refractivity contribution in [3.05, 3.63) is 60.0 Å². The van der Waals surface area contributed by atoms with E-state index in [2.05, 4.69) is 15.5 Å². The molecule has 7 heteroatoms. The van der Waals surface area contributed by atoms with Gasteiger partial charge in [0.1, 0.15) is 17.2 Å². The molecule has 0 unspecified atom stereocenters. The Balaban J connectivity index is 1.37. The van der Waals surface area contributed by atoms with Crippen LogP contribution in [0.5, 0.6) is 17.2 Å². The van der Waals surface area contributed by atoms with E-state index in [0.717, 1.165) is 12.8 Å². The van der Waals surface area contributed by atoms with Crippen molar-refractivity contribution in [2.24, 2.45) is 0 Å². The molecule has 28 heavy (non-hydrogen) atoms. The summed E-state index contributed by atoms with van der Waals surface area (Å²) in [6.45, 7) is 0. The largest absolute Gasteiger partial charge is 0.508 e. The summed E-state index contributed by atoms with van der Waals surface area (Å²) in [6.07, 6.45) is 5.70. The summed E-state index contributed by atoms with van der Waals surface area (Å²) in [7, 11) is 0. The summed E-state index contributed by atoms with van der Waals surface area (Å²) in [5.74, 6) is 1.76. The monoisotopic (exact) mass is 379 g/mol. The number of amides is 1. The van der Waals surface area contributed by atoms with E-state index >= 15 is 0 Å². The number of anilines is 1. The average molecular weight is 379 g/mol. The Labute approximate surface area is 162 Å². The molecule has 4 rings (SSSR count). The lowest BCUT2D eigenvalue weighted by atomic mass is 9.89. The fourth-order valence-electron chi connectivity index (χ4n) is 3.33. The van der Waals surface area contributed by atoms with Gasteiger partial charge >= 0.3 is 6.01 Å². The molecule has 7 nitrogen and oxygen atoms in total. The fraction of sp³-hybridized carbons (Fsp3) is 0.286. The summed E-state index contributed by atoms with van der Waals surface area (Å²) in [4.78, 5) is 12.4. The van der Waals surface area contributed by atoms with E-state index in [1.807, 2.05) is 0 Å². The molecule has 0 aliphatic heterocycles. The second-order valence-corrected chi connectivity index (χ2v) is 6.86. The molecule has 1 aliphatic carbocycles. The third-order valence-corrected chi connectivity index (χ3v) is 4.79. The minimum Gasteiger partial charge on any atom is -0.508 e. The number of ether oxygens (including phenoxy) is 1. The van der Waals surface area contributed by atoms with Crippen molar-refractivity contribution in [1.29, 1.82) is 0 Å². The maximum Gasteiger partial charge on any atom is 0.322 e. The highest BCUT2D eigenvalue weighted by molar-refractivity contribution is 6.03. The molecule has 0 spiro atoms. The Morgan fingerprint density at radius 1 is 1.04 bits per heavy atom. The molecule has 2 N–H and O–H groups in total. The van der Waals surface area contributed by atoms with E-state index < -0.39 is 0 Å². The van der Waals surface area contributed by atoms with Crippen molar-refractivity contribution in [3.63, 3.8) is 0 Å². The summed E-state index contributed by atoms with van der Waals surface area (Å²) in [6, 6.07) is 13.3. The molecule has 1 saturated carbocycles. The van der Waals surface area contributed by atoms with Gasteiger partial charge in [-0.2, -0.15) is 0 Å². The fourth-order valence-corrected chi connectivity index (χ4v) is 3.33. The molecule has 1 aliphatic rings. The number of phenols is 1. The van der Waals surface area contributed by atoms with Crippen LogP contribution in [0.25, 0.3) is 0 Å². The van der Waals surface area contributed by atoms with Crippen molar-refractivity contribution < 1.29 is 19.1 Å². The molecule has 144 valence electrons. The molecule has 0 saturated heterocycles. The second-order valence-electron chi connectivity index (χ2n) is 6.86. The number of hydrogen-bond acceptors (Lipinski definition) is 6. The minimum atomic E-state index is -0.331. The first-order valence-electron chi connectivity index (χ1n) is 9.39. The number of carbonyl (C=O) groups excluding carboxylic acids is 1. The molecule has 0 radical (unpaired) electrons. The average Bonchev–Trinajstić information content (AvgIpc) is 3.18. The number of rotatable bonds is 5. The number of hydrogen-bond donors (Lipinski definition) is 2. The molecular weight excluding hydrogens is 358 g/mol. The van der Waals surface area contributed by atoms with Gasteiger partial charge in [0.2, 0.25) is 5.89 Å². The van der Waals surface area contributed by atoms with E-state index in [1.165, 1.54) is 25.3 Å². The van der Waals surface area contributed by atoms with Crippen LogP contribution in [0.3, 0.4) is 0 Å². The number of carbonyl (C=O) groups is 1. The first kappa shape index (κ1) is 18.0. The second kappa shape index (κ2) is 8.12. The summed E-state index contributed by atoms with van der Waals surface area (Å²) in [5.41, 5.74) is 0.445. The number of aromatic hydroxyl groups is 1. The third-order valence-electron chi connectivity index (χ3n) is 4.79. The first-order chi connectivity index (χ1) is 13.7. The summed E-state index contributed by atoms with van der Waals surface area (Å²) < 4.78 is 11.3. The number of aromatic nitrogens is 2. The Hall–Kier alpha value is -3.35. The molecule has 1 amide bonds. The van der Waals surface area contributed by atoms with Crippen molar-refractivity contribution >= 4 is 11.9 Å². The highest BCUT2D eigenvalue weighted by Gasteiger charge is 2.22. The van der Waals surface area contributed by atoms with Crippen LogP contribution in [-0.4, -0.2) is 21.2 Å². The predicted octanol–water partition coefficient (Wildman–Crippen LogP) is 4.87. The number of benzene rings is 2. The quantitative estimate of drug-likeness (QED) is 0.656. The SMILES string of the molecule is O=C(Nc1nnc(C2CCCCC2)o1)c1ccc(Oc2cccc(O)c2)cc1. The van der Waals surface area contributed by atoms with Crippen molar-refractivity contribution in [2.75, 3.05) is 5.32 Å². The lowest BCUT2D eigenvalue weighted by Gasteiger charge is -2.17. The molecule has 2 aromatic carbocycles. The van der Waals surface area contributed by atoms with Crippen LogP contribution in [0.15, 0.2) is 52.9 Å². The molecule has 0 atom stereocenters. The van der Waals surface area contributed by atoms with E-state index in [-0.39, 0.29) is 17.7 Å². The predicted molar refractivity (Wildman–Crippen MR) is 103 cm³/mol. The van der Waals surface area contributed by atoms with Gasteiger partial charge in [0.15, 0.2) is 0 Å². The van der Waals surface area contributed by atoms with Crippen molar-refractivity contribution in [1.82, 2.24) is 10.2 Å². The van der Waals surface area contributed by atoms with Crippen LogP contribution >= 0.6 is 0 Å². The smallest absolute Gasteiger partial charge is 0.322 e. The number of nitrogens with zero attached hydrogens (tertiary/aromatic N) is 2. The zero-order valence-electron chi connectivity index (χ0n) is 15.3. The molecule has 1 fully saturated rings. The number of phenolic OH excluding ortho intramolecular Hbond substituents is 1. The van der Waals surface area contributed by atoms with Crippen LogP contribution in [0.1, 0.15) is 54.3 Å². The maximum absolute atomic E-state index is 12.4. The lowest BCUT2D eigenvalue weighted by molar-refractivity contribution is 0.102. The Bertz CT molecular complexity index is 946. The van der Waals surface area contributed by atoms with Crippen LogP contribution < -0.4 is 10.1 Å². The van der Waals surface area contributed by atoms with Crippen LogP contribution in [0.2, 0.25) is 0 Å². The molecule has 1 heterocycles. The van der Waals surface area contributed by atoms with Crippen molar-refractivity contribution in [2.45, 2.75) is 38.0 Å². The van der Waals surface area contributed by atoms with Gasteiger partial charge in [0, 0.05) is 17.5 Å². The minimum absolute atomic E-state index is 0.116. The van der Waals surface area contributed by atoms with E-state index in [9.17, 15) is 9.90 Å². The van der Waals surface area contributed by atoms with Gasteiger partial charge in [-0.05, 0) is 49.2 Å². The highest BCUT2D eigenvalue weighted by Crippen LogP contribution is 2.32. The van der Waals surface area contributed by atoms with Gasteiger partial charge in [0.25, 0.3) is 5.91 Å². The van der Waals surface area contributed by atoms with Gasteiger partial charge in [-0.1, -0.05) is 30.4 Å². The van der Waals surface area contributed by atoms with Crippen LogP contribution in [-0.2, 0) is 0 Å².